The van der Waals surface area contributed by atoms with Crippen molar-refractivity contribution in [3.05, 3.63) is 101 Å². The van der Waals surface area contributed by atoms with E-state index in [0.29, 0.717) is 13.0 Å². The number of ether oxygens (including phenoxy) is 1. The van der Waals surface area contributed by atoms with Crippen LogP contribution in [0.4, 0.5) is 11.4 Å². The summed E-state index contributed by atoms with van der Waals surface area (Å²) in [5, 5.41) is 7.25. The maximum absolute atomic E-state index is 13.7. The molecule has 0 radical (unpaired) electrons. The molecule has 3 aromatic rings. The smallest absolute Gasteiger partial charge is 0.163 e. The second-order valence-electron chi connectivity index (χ2n) is 8.55. The van der Waals surface area contributed by atoms with Crippen LogP contribution < -0.4 is 15.4 Å². The molecule has 0 bridgehead atoms. The van der Waals surface area contributed by atoms with Crippen molar-refractivity contribution in [2.75, 3.05) is 17.2 Å². The second kappa shape index (κ2) is 8.54. The molecule has 1 aliphatic heterocycles. The second-order valence-corrected chi connectivity index (χ2v) is 8.55. The number of rotatable bonds is 4. The first kappa shape index (κ1) is 20.4. The summed E-state index contributed by atoms with van der Waals surface area (Å²) in [5.74, 6) is 1.16. The third kappa shape index (κ3) is 3.77. The summed E-state index contributed by atoms with van der Waals surface area (Å²) >= 11 is 0. The van der Waals surface area contributed by atoms with Crippen LogP contribution in [0.15, 0.2) is 84.1 Å². The predicted molar refractivity (Wildman–Crippen MR) is 129 cm³/mol. The van der Waals surface area contributed by atoms with Crippen molar-refractivity contribution >= 4 is 17.2 Å². The summed E-state index contributed by atoms with van der Waals surface area (Å²) in [7, 11) is 0. The number of hydrogen-bond donors (Lipinski definition) is 2. The Morgan fingerprint density at radius 1 is 0.906 bits per heavy atom. The Balaban J connectivity index is 1.62. The van der Waals surface area contributed by atoms with Crippen LogP contribution in [0.3, 0.4) is 0 Å². The number of allylic oxidation sites excluding steroid dienone is 1. The lowest BCUT2D eigenvalue weighted by molar-refractivity contribution is -0.116. The number of ketones is 1. The number of aryl methyl sites for hydroxylation is 1. The van der Waals surface area contributed by atoms with Gasteiger partial charge >= 0.3 is 0 Å². The van der Waals surface area contributed by atoms with Crippen molar-refractivity contribution in [1.82, 2.24) is 0 Å². The van der Waals surface area contributed by atoms with Gasteiger partial charge in [0.2, 0.25) is 0 Å². The van der Waals surface area contributed by atoms with Gasteiger partial charge in [0, 0.05) is 23.3 Å². The van der Waals surface area contributed by atoms with Crippen molar-refractivity contribution in [3.63, 3.8) is 0 Å². The number of carbonyl (C=O) groups is 1. The third-order valence-electron chi connectivity index (χ3n) is 6.39. The number of hydrogen-bond acceptors (Lipinski definition) is 4. The Morgan fingerprint density at radius 2 is 1.62 bits per heavy atom. The van der Waals surface area contributed by atoms with Crippen LogP contribution in [0, 0.1) is 6.92 Å². The van der Waals surface area contributed by atoms with E-state index in [-0.39, 0.29) is 17.7 Å². The highest BCUT2D eigenvalue weighted by molar-refractivity contribution is 6.01. The lowest BCUT2D eigenvalue weighted by Crippen LogP contribution is -2.27. The molecule has 5 rings (SSSR count). The van der Waals surface area contributed by atoms with Crippen LogP contribution >= 0.6 is 0 Å². The topological polar surface area (TPSA) is 50.4 Å². The molecule has 2 N–H and O–H groups in total. The lowest BCUT2D eigenvalue weighted by atomic mass is 9.78. The number of anilines is 2. The summed E-state index contributed by atoms with van der Waals surface area (Å²) in [6.45, 7) is 4.65. The van der Waals surface area contributed by atoms with Gasteiger partial charge in [0.25, 0.3) is 0 Å². The minimum atomic E-state index is -0.268. The van der Waals surface area contributed by atoms with Gasteiger partial charge in [0.1, 0.15) is 5.75 Å². The first-order chi connectivity index (χ1) is 15.6. The number of para-hydroxylation sites is 3. The van der Waals surface area contributed by atoms with Gasteiger partial charge in [-0.2, -0.15) is 0 Å². The maximum Gasteiger partial charge on any atom is 0.163 e. The van der Waals surface area contributed by atoms with E-state index in [1.165, 1.54) is 11.1 Å². The number of fused-ring (bicyclic) bond motifs is 1. The van der Waals surface area contributed by atoms with Crippen molar-refractivity contribution < 1.29 is 9.53 Å². The molecule has 2 aliphatic rings. The molecule has 0 fully saturated rings. The van der Waals surface area contributed by atoms with E-state index in [0.717, 1.165) is 40.4 Å². The molecule has 1 aliphatic carbocycles. The molecule has 0 aromatic heterocycles. The monoisotopic (exact) mass is 424 g/mol. The molecule has 4 nitrogen and oxygen atoms in total. The lowest BCUT2D eigenvalue weighted by Gasteiger charge is -2.30. The minimum Gasteiger partial charge on any atom is -0.494 e. The maximum atomic E-state index is 13.7. The molecule has 2 atom stereocenters. The first-order valence-electron chi connectivity index (χ1n) is 11.3. The molecule has 0 saturated carbocycles. The average molecular weight is 425 g/mol. The molecule has 0 amide bonds. The molecule has 0 unspecified atom stereocenters. The largest absolute Gasteiger partial charge is 0.494 e. The zero-order valence-corrected chi connectivity index (χ0v) is 18.5. The van der Waals surface area contributed by atoms with Crippen LogP contribution in [0.25, 0.3) is 0 Å². The fraction of sp³-hybridized carbons (Fsp3) is 0.250. The zero-order valence-electron chi connectivity index (χ0n) is 18.5. The SMILES string of the molecule is CCOc1ccccc1[C@@H]1Nc2ccccc2NC2=C1C(=O)C[C@H](c1ccc(C)cc1)C2. The molecule has 1 heterocycles. The van der Waals surface area contributed by atoms with Crippen molar-refractivity contribution in [1.29, 1.82) is 0 Å². The summed E-state index contributed by atoms with van der Waals surface area (Å²) in [6, 6.07) is 24.5. The number of carbonyl (C=O) groups excluding carboxylic acids is 1. The Kier molecular flexibility index (Phi) is 5.44. The summed E-state index contributed by atoms with van der Waals surface area (Å²) in [5.41, 5.74) is 7.23. The molecular formula is C28H28N2O2. The minimum absolute atomic E-state index is 0.169. The Hall–Kier alpha value is -3.53. The van der Waals surface area contributed by atoms with Crippen LogP contribution in [0.1, 0.15) is 48.4 Å². The van der Waals surface area contributed by atoms with E-state index in [9.17, 15) is 4.79 Å². The van der Waals surface area contributed by atoms with Gasteiger partial charge in [0.15, 0.2) is 5.78 Å². The fourth-order valence-electron chi connectivity index (χ4n) is 4.81. The Labute approximate surface area is 189 Å². The highest BCUT2D eigenvalue weighted by Crippen LogP contribution is 2.45. The van der Waals surface area contributed by atoms with Crippen molar-refractivity contribution in [3.8, 4) is 5.75 Å². The average Bonchev–Trinajstić information content (AvgIpc) is 2.97. The summed E-state index contributed by atoms with van der Waals surface area (Å²) in [4.78, 5) is 13.7. The highest BCUT2D eigenvalue weighted by atomic mass is 16.5. The van der Waals surface area contributed by atoms with E-state index in [2.05, 4.69) is 60.0 Å². The summed E-state index contributed by atoms with van der Waals surface area (Å²) in [6.07, 6.45) is 1.31. The highest BCUT2D eigenvalue weighted by Gasteiger charge is 2.36. The van der Waals surface area contributed by atoms with E-state index < -0.39 is 0 Å². The zero-order chi connectivity index (χ0) is 22.1. The molecule has 4 heteroatoms. The van der Waals surface area contributed by atoms with E-state index in [4.69, 9.17) is 4.74 Å². The molecule has 0 spiro atoms. The number of Topliss-reactive ketones (excluding diaryl/α,β-unsaturated/α-hetero) is 1. The van der Waals surface area contributed by atoms with E-state index in [1.807, 2.05) is 37.3 Å². The Bertz CT molecular complexity index is 1180. The van der Waals surface area contributed by atoms with Gasteiger partial charge in [-0.15, -0.1) is 0 Å². The van der Waals surface area contributed by atoms with Crippen LogP contribution in [-0.2, 0) is 4.79 Å². The third-order valence-corrected chi connectivity index (χ3v) is 6.39. The quantitative estimate of drug-likeness (QED) is 0.511. The summed E-state index contributed by atoms with van der Waals surface area (Å²) < 4.78 is 5.94. The molecule has 0 saturated heterocycles. The predicted octanol–water partition coefficient (Wildman–Crippen LogP) is 6.37. The molecule has 32 heavy (non-hydrogen) atoms. The van der Waals surface area contributed by atoms with Gasteiger partial charge in [-0.1, -0.05) is 60.2 Å². The van der Waals surface area contributed by atoms with E-state index >= 15 is 0 Å². The Morgan fingerprint density at radius 3 is 2.41 bits per heavy atom. The standard InChI is InChI=1S/C28H28N2O2/c1-3-32-26-11-7-4-8-21(26)28-27-24(29-22-9-5-6-10-23(22)30-28)16-20(17-25(27)31)19-14-12-18(2)13-15-19/h4-15,20,28-30H,3,16-17H2,1-2H3/t20-,28+/m1/s1. The number of benzene rings is 3. The van der Waals surface area contributed by atoms with Crippen molar-refractivity contribution in [2.45, 2.75) is 38.6 Å². The molecule has 3 aromatic carbocycles. The van der Waals surface area contributed by atoms with Gasteiger partial charge in [-0.05, 0) is 49.9 Å². The molecular weight excluding hydrogens is 396 g/mol. The van der Waals surface area contributed by atoms with Crippen molar-refractivity contribution in [2.24, 2.45) is 0 Å². The molecule has 162 valence electrons. The van der Waals surface area contributed by atoms with Crippen LogP contribution in [0.2, 0.25) is 0 Å². The van der Waals surface area contributed by atoms with Crippen LogP contribution in [-0.4, -0.2) is 12.4 Å². The van der Waals surface area contributed by atoms with Gasteiger partial charge in [0.05, 0.1) is 24.0 Å². The van der Waals surface area contributed by atoms with E-state index in [1.54, 1.807) is 0 Å². The van der Waals surface area contributed by atoms with Gasteiger partial charge in [-0.25, -0.2) is 0 Å². The number of nitrogens with one attached hydrogen (secondary N) is 2. The fourth-order valence-corrected chi connectivity index (χ4v) is 4.81. The van der Waals surface area contributed by atoms with Gasteiger partial charge < -0.3 is 15.4 Å². The normalized spacial score (nSPS) is 19.9. The van der Waals surface area contributed by atoms with Gasteiger partial charge in [-0.3, -0.25) is 4.79 Å². The first-order valence-corrected chi connectivity index (χ1v) is 11.3. The van der Waals surface area contributed by atoms with Crippen LogP contribution in [0.5, 0.6) is 5.75 Å².